The lowest BCUT2D eigenvalue weighted by Gasteiger charge is -2.36. The number of Topliss-reactive ketones (excluding diaryl/α,β-unsaturated/α-hetero) is 1. The number of phenolic OH excluding ortho intramolecular Hbond substituents is 1. The predicted molar refractivity (Wildman–Crippen MR) is 87.1 cm³/mol. The van der Waals surface area contributed by atoms with Gasteiger partial charge in [0, 0.05) is 18.0 Å². The van der Waals surface area contributed by atoms with E-state index in [2.05, 4.69) is 15.3 Å². The Hall–Kier alpha value is -3.09. The van der Waals surface area contributed by atoms with Crippen LogP contribution in [0.2, 0.25) is 0 Å². The molecule has 2 atom stereocenters. The first kappa shape index (κ1) is 14.5. The SMILES string of the molecule is O=C1CCC=C2Nc3[nH]c(=O)[nH]c(=O)c3[C@H](c3ccc(O)cc3)[C@@H]12. The van der Waals surface area contributed by atoms with Gasteiger partial charge in [0.15, 0.2) is 0 Å². The summed E-state index contributed by atoms with van der Waals surface area (Å²) in [6.45, 7) is 0. The fourth-order valence-corrected chi connectivity index (χ4v) is 3.56. The van der Waals surface area contributed by atoms with Crippen molar-refractivity contribution < 1.29 is 9.90 Å². The van der Waals surface area contributed by atoms with E-state index in [4.69, 9.17) is 0 Å². The number of hydrogen-bond acceptors (Lipinski definition) is 5. The molecule has 7 heteroatoms. The highest BCUT2D eigenvalue weighted by atomic mass is 16.3. The van der Waals surface area contributed by atoms with Crippen molar-refractivity contribution in [3.05, 3.63) is 68.0 Å². The first-order valence-corrected chi connectivity index (χ1v) is 7.70. The summed E-state index contributed by atoms with van der Waals surface area (Å²) in [5.74, 6) is -0.535. The Morgan fingerprint density at radius 2 is 1.75 bits per heavy atom. The van der Waals surface area contributed by atoms with Crippen molar-refractivity contribution in [2.45, 2.75) is 18.8 Å². The Kier molecular flexibility index (Phi) is 3.16. The van der Waals surface area contributed by atoms with Crippen molar-refractivity contribution >= 4 is 11.6 Å². The molecule has 1 aliphatic heterocycles. The van der Waals surface area contributed by atoms with Gasteiger partial charge in [-0.3, -0.25) is 19.6 Å². The second-order valence-electron chi connectivity index (χ2n) is 6.03. The number of H-pyrrole nitrogens is 2. The zero-order chi connectivity index (χ0) is 16.8. The second-order valence-corrected chi connectivity index (χ2v) is 6.03. The molecule has 4 rings (SSSR count). The van der Waals surface area contributed by atoms with Gasteiger partial charge in [-0.15, -0.1) is 0 Å². The van der Waals surface area contributed by atoms with E-state index in [-0.39, 0.29) is 11.5 Å². The van der Waals surface area contributed by atoms with Gasteiger partial charge in [-0.05, 0) is 24.1 Å². The van der Waals surface area contributed by atoms with Crippen molar-refractivity contribution in [3.63, 3.8) is 0 Å². The maximum Gasteiger partial charge on any atom is 0.327 e. The van der Waals surface area contributed by atoms with Crippen molar-refractivity contribution in [1.82, 2.24) is 9.97 Å². The Morgan fingerprint density at radius 3 is 2.50 bits per heavy atom. The minimum Gasteiger partial charge on any atom is -0.508 e. The number of carbonyl (C=O) groups excluding carboxylic acids is 1. The van der Waals surface area contributed by atoms with Crippen molar-refractivity contribution in [2.24, 2.45) is 5.92 Å². The average Bonchev–Trinajstić information content (AvgIpc) is 2.54. The largest absolute Gasteiger partial charge is 0.508 e. The minimum atomic E-state index is -0.600. The molecule has 0 fully saturated rings. The molecule has 2 aromatic rings. The third kappa shape index (κ3) is 2.17. The second kappa shape index (κ2) is 5.23. The highest BCUT2D eigenvalue weighted by Gasteiger charge is 2.41. The fourth-order valence-electron chi connectivity index (χ4n) is 3.56. The van der Waals surface area contributed by atoms with Crippen molar-refractivity contribution in [2.75, 3.05) is 5.32 Å². The van der Waals surface area contributed by atoms with Gasteiger partial charge in [-0.25, -0.2) is 4.79 Å². The Bertz CT molecular complexity index is 969. The summed E-state index contributed by atoms with van der Waals surface area (Å²) in [7, 11) is 0. The monoisotopic (exact) mass is 325 g/mol. The molecule has 0 saturated heterocycles. The van der Waals surface area contributed by atoms with E-state index in [9.17, 15) is 19.5 Å². The summed E-state index contributed by atoms with van der Waals surface area (Å²) in [4.78, 5) is 41.4. The molecule has 1 aliphatic carbocycles. The molecule has 4 N–H and O–H groups in total. The number of nitrogens with one attached hydrogen (secondary N) is 3. The fraction of sp³-hybridized carbons (Fsp3) is 0.235. The van der Waals surface area contributed by atoms with Gasteiger partial charge >= 0.3 is 5.69 Å². The van der Waals surface area contributed by atoms with Gasteiger partial charge in [0.2, 0.25) is 0 Å². The first-order chi connectivity index (χ1) is 11.5. The quantitative estimate of drug-likeness (QED) is 0.629. The number of aromatic nitrogens is 2. The zero-order valence-electron chi connectivity index (χ0n) is 12.6. The number of phenols is 1. The van der Waals surface area contributed by atoms with Crippen LogP contribution in [-0.2, 0) is 4.79 Å². The molecule has 0 radical (unpaired) electrons. The number of anilines is 1. The minimum absolute atomic E-state index is 0.0503. The molecule has 1 aromatic heterocycles. The molecule has 122 valence electrons. The van der Waals surface area contributed by atoms with E-state index in [0.717, 1.165) is 5.56 Å². The van der Waals surface area contributed by atoms with Crippen molar-refractivity contribution in [3.8, 4) is 5.75 Å². The van der Waals surface area contributed by atoms with Crippen molar-refractivity contribution in [1.29, 1.82) is 0 Å². The molecule has 1 aromatic carbocycles. The Morgan fingerprint density at radius 1 is 1.00 bits per heavy atom. The van der Waals surface area contributed by atoms with E-state index < -0.39 is 23.1 Å². The van der Waals surface area contributed by atoms with E-state index in [1.165, 1.54) is 12.1 Å². The van der Waals surface area contributed by atoms with Gasteiger partial charge in [-0.1, -0.05) is 18.2 Å². The lowest BCUT2D eigenvalue weighted by molar-refractivity contribution is -0.122. The third-order valence-electron chi connectivity index (χ3n) is 4.58. The Labute approximate surface area is 136 Å². The first-order valence-electron chi connectivity index (χ1n) is 7.70. The molecule has 24 heavy (non-hydrogen) atoms. The van der Waals surface area contributed by atoms with Gasteiger partial charge < -0.3 is 10.4 Å². The lowest BCUT2D eigenvalue weighted by atomic mass is 9.72. The predicted octanol–water partition coefficient (Wildman–Crippen LogP) is 1.19. The van der Waals surface area contributed by atoms with Crippen LogP contribution in [0.3, 0.4) is 0 Å². The highest BCUT2D eigenvalue weighted by Crippen LogP contribution is 2.44. The van der Waals surface area contributed by atoms with Gasteiger partial charge in [0.25, 0.3) is 5.56 Å². The van der Waals surface area contributed by atoms with Crippen LogP contribution in [0, 0.1) is 5.92 Å². The average molecular weight is 325 g/mol. The number of ketones is 1. The molecule has 0 bridgehead atoms. The van der Waals surface area contributed by atoms with E-state index in [0.29, 0.717) is 29.9 Å². The standard InChI is InChI=1S/C17H15N3O4/c21-9-6-4-8(5-7-9)12-13-10(2-1-3-11(13)22)18-15-14(12)16(23)20-17(24)19-15/h2,4-7,12-13,21H,1,3H2,(H3,18,19,20,23,24)/t12-,13-/m1/s1. The molecule has 2 aliphatic rings. The molecule has 0 unspecified atom stereocenters. The number of aromatic amines is 2. The third-order valence-corrected chi connectivity index (χ3v) is 4.58. The number of aromatic hydroxyl groups is 1. The number of rotatable bonds is 1. The van der Waals surface area contributed by atoms with Crippen LogP contribution in [0.25, 0.3) is 0 Å². The van der Waals surface area contributed by atoms with Crippen LogP contribution >= 0.6 is 0 Å². The maximum absolute atomic E-state index is 12.6. The smallest absolute Gasteiger partial charge is 0.327 e. The summed E-state index contributed by atoms with van der Waals surface area (Å²) < 4.78 is 0. The number of fused-ring (bicyclic) bond motifs is 2. The van der Waals surface area contributed by atoms with Gasteiger partial charge in [-0.2, -0.15) is 0 Å². The van der Waals surface area contributed by atoms with E-state index in [1.807, 2.05) is 6.08 Å². The van der Waals surface area contributed by atoms with Crippen LogP contribution in [0.5, 0.6) is 5.75 Å². The summed E-state index contributed by atoms with van der Waals surface area (Å²) in [5, 5.41) is 12.6. The topological polar surface area (TPSA) is 115 Å². The van der Waals surface area contributed by atoms with E-state index >= 15 is 0 Å². The van der Waals surface area contributed by atoms with Crippen LogP contribution in [0.15, 0.2) is 45.6 Å². The van der Waals surface area contributed by atoms with Crippen LogP contribution in [-0.4, -0.2) is 20.9 Å². The normalized spacial score (nSPS) is 22.2. The number of hydrogen-bond donors (Lipinski definition) is 4. The zero-order valence-corrected chi connectivity index (χ0v) is 12.6. The summed E-state index contributed by atoms with van der Waals surface area (Å²) in [5.41, 5.74) is 0.656. The van der Waals surface area contributed by atoms with Crippen LogP contribution in [0.1, 0.15) is 29.9 Å². The molecule has 0 saturated carbocycles. The summed E-state index contributed by atoms with van der Waals surface area (Å²) in [6.07, 6.45) is 2.98. The number of allylic oxidation sites excluding steroid dienone is 2. The van der Waals surface area contributed by atoms with Crippen LogP contribution in [0.4, 0.5) is 5.82 Å². The molecular formula is C17H15N3O4. The summed E-state index contributed by atoms with van der Waals surface area (Å²) >= 11 is 0. The molecule has 2 heterocycles. The Balaban J connectivity index is 2.00. The number of benzene rings is 1. The van der Waals surface area contributed by atoms with Gasteiger partial charge in [0.1, 0.15) is 17.4 Å². The summed E-state index contributed by atoms with van der Waals surface area (Å²) in [6, 6.07) is 6.43. The molecule has 0 amide bonds. The molecular weight excluding hydrogens is 310 g/mol. The number of carbonyl (C=O) groups is 1. The van der Waals surface area contributed by atoms with Gasteiger partial charge in [0.05, 0.1) is 11.5 Å². The van der Waals surface area contributed by atoms with Crippen LogP contribution < -0.4 is 16.6 Å². The highest BCUT2D eigenvalue weighted by molar-refractivity contribution is 5.89. The van der Waals surface area contributed by atoms with E-state index in [1.54, 1.807) is 12.1 Å². The lowest BCUT2D eigenvalue weighted by Crippen LogP contribution is -2.40. The molecule has 7 nitrogen and oxygen atoms in total. The molecule has 0 spiro atoms. The maximum atomic E-state index is 12.6.